The van der Waals surface area contributed by atoms with Crippen molar-refractivity contribution >= 4 is 53.1 Å². The number of aromatic hydroxyl groups is 1. The molecule has 29 heavy (non-hydrogen) atoms. The Morgan fingerprint density at radius 1 is 1.07 bits per heavy atom. The summed E-state index contributed by atoms with van der Waals surface area (Å²) in [6.07, 6.45) is 0. The van der Waals surface area contributed by atoms with Crippen molar-refractivity contribution in [3.05, 3.63) is 57.1 Å². The third kappa shape index (κ3) is 5.83. The average Bonchev–Trinajstić information content (AvgIpc) is 2.68. The molecule has 0 bridgehead atoms. The van der Waals surface area contributed by atoms with Crippen molar-refractivity contribution in [1.29, 1.82) is 0 Å². The number of carbonyl (C=O) groups is 3. The van der Waals surface area contributed by atoms with Gasteiger partial charge in [0.1, 0.15) is 16.5 Å². The Balaban J connectivity index is 0.00000420. The number of phenols is 1. The highest BCUT2D eigenvalue weighted by atomic mass is 35.5. The highest BCUT2D eigenvalue weighted by Gasteiger charge is 2.24. The van der Waals surface area contributed by atoms with Gasteiger partial charge in [-0.1, -0.05) is 23.2 Å². The molecule has 0 fully saturated rings. The number of hydrogen-bond acceptors (Lipinski definition) is 7. The van der Waals surface area contributed by atoms with Gasteiger partial charge in [0.15, 0.2) is 6.61 Å². The van der Waals surface area contributed by atoms with Gasteiger partial charge in [0.25, 0.3) is 0 Å². The lowest BCUT2D eigenvalue weighted by molar-refractivity contribution is -0.145. The fourth-order valence-electron chi connectivity index (χ4n) is 2.30. The predicted octanol–water partition coefficient (Wildman–Crippen LogP) is 3.59. The minimum Gasteiger partial charge on any atom is -0.508 e. The van der Waals surface area contributed by atoms with Crippen molar-refractivity contribution in [1.82, 2.24) is 0 Å². The summed E-state index contributed by atoms with van der Waals surface area (Å²) in [7, 11) is 0. The molecule has 0 radical (unpaired) electrons. The lowest BCUT2D eigenvalue weighted by Crippen LogP contribution is -2.17. The number of hydrogen-bond donors (Lipinski definition) is 2. The second-order valence-electron chi connectivity index (χ2n) is 5.54. The summed E-state index contributed by atoms with van der Waals surface area (Å²) in [4.78, 5) is 36.4. The molecular weight excluding hydrogens is 445 g/mol. The van der Waals surface area contributed by atoms with Crippen LogP contribution in [-0.2, 0) is 16.1 Å². The Morgan fingerprint density at radius 2 is 1.76 bits per heavy atom. The maximum Gasteiger partial charge on any atom is 0.344 e. The van der Waals surface area contributed by atoms with Crippen LogP contribution >= 0.6 is 35.6 Å². The van der Waals surface area contributed by atoms with E-state index in [0.29, 0.717) is 5.56 Å². The zero-order valence-corrected chi connectivity index (χ0v) is 17.6. The van der Waals surface area contributed by atoms with E-state index in [1.54, 1.807) is 6.92 Å². The zero-order chi connectivity index (χ0) is 20.8. The number of halogens is 3. The molecule has 2 aromatic rings. The van der Waals surface area contributed by atoms with Gasteiger partial charge in [-0.15, -0.1) is 12.4 Å². The monoisotopic (exact) mass is 461 g/mol. The lowest BCUT2D eigenvalue weighted by atomic mass is 9.99. The number of ketones is 2. The number of phenolic OH excluding ortho intramolecular Hbond substituents is 1. The Kier molecular flexibility index (Phi) is 9.39. The summed E-state index contributed by atoms with van der Waals surface area (Å²) in [5.74, 6) is -2.33. The van der Waals surface area contributed by atoms with E-state index in [0.717, 1.165) is 0 Å². The minimum absolute atomic E-state index is 0. The minimum atomic E-state index is -0.891. The molecule has 0 aromatic heterocycles. The Morgan fingerprint density at radius 3 is 2.38 bits per heavy atom. The number of esters is 1. The van der Waals surface area contributed by atoms with Gasteiger partial charge in [-0.2, -0.15) is 0 Å². The van der Waals surface area contributed by atoms with Crippen LogP contribution in [0.4, 0.5) is 0 Å². The molecule has 0 spiro atoms. The first-order valence-corrected chi connectivity index (χ1v) is 8.93. The first-order chi connectivity index (χ1) is 13.3. The van der Waals surface area contributed by atoms with E-state index < -0.39 is 17.5 Å². The number of rotatable bonds is 8. The molecule has 0 amide bonds. The van der Waals surface area contributed by atoms with Crippen molar-refractivity contribution in [2.75, 3.05) is 13.2 Å². The second kappa shape index (κ2) is 11.0. The SMILES string of the molecule is CCOC(=O)COc1ccc(C(=O)C(=O)c2ccc(O)c(CN)c2)c(Cl)c1Cl.Cl. The van der Waals surface area contributed by atoms with Crippen LogP contribution in [0.2, 0.25) is 10.0 Å². The van der Waals surface area contributed by atoms with Gasteiger partial charge in [-0.3, -0.25) is 9.59 Å². The van der Waals surface area contributed by atoms with Crippen LogP contribution in [0.25, 0.3) is 0 Å². The maximum absolute atomic E-state index is 12.6. The molecule has 7 nitrogen and oxygen atoms in total. The standard InChI is InChI=1S/C19H17Cl2NO6.ClH/c1-2-27-15(24)9-28-14-6-4-12(16(20)17(14)21)19(26)18(25)10-3-5-13(23)11(7-10)8-22;/h3-7,23H,2,8-9,22H2,1H3;1H. The third-order valence-electron chi connectivity index (χ3n) is 3.71. The molecule has 0 saturated heterocycles. The molecule has 10 heteroatoms. The quantitative estimate of drug-likeness (QED) is 0.350. The van der Waals surface area contributed by atoms with Gasteiger partial charge >= 0.3 is 5.97 Å². The van der Waals surface area contributed by atoms with Crippen LogP contribution in [0.5, 0.6) is 11.5 Å². The Hall–Kier alpha value is -2.32. The van der Waals surface area contributed by atoms with Crippen LogP contribution < -0.4 is 10.5 Å². The van der Waals surface area contributed by atoms with Crippen LogP contribution in [-0.4, -0.2) is 35.9 Å². The van der Waals surface area contributed by atoms with Crippen molar-refractivity contribution in [2.45, 2.75) is 13.5 Å². The molecule has 0 unspecified atom stereocenters. The van der Waals surface area contributed by atoms with Gasteiger partial charge in [-0.05, 0) is 37.3 Å². The topological polar surface area (TPSA) is 116 Å². The number of ether oxygens (including phenoxy) is 2. The van der Waals surface area contributed by atoms with E-state index in [1.807, 2.05) is 0 Å². The molecule has 2 rings (SSSR count). The largest absolute Gasteiger partial charge is 0.508 e. The summed E-state index contributed by atoms with van der Waals surface area (Å²) in [6, 6.07) is 6.53. The molecule has 3 N–H and O–H groups in total. The number of benzene rings is 2. The Bertz CT molecular complexity index is 932. The molecule has 0 heterocycles. The molecular formula is C19H18Cl3NO6. The van der Waals surface area contributed by atoms with Gasteiger partial charge < -0.3 is 20.3 Å². The molecule has 0 atom stereocenters. The normalized spacial score (nSPS) is 10.1. The molecule has 2 aromatic carbocycles. The smallest absolute Gasteiger partial charge is 0.344 e. The predicted molar refractivity (Wildman–Crippen MR) is 110 cm³/mol. The Labute approximate surface area is 183 Å². The van der Waals surface area contributed by atoms with Crippen LogP contribution in [0, 0.1) is 0 Å². The van der Waals surface area contributed by atoms with E-state index in [1.165, 1.54) is 30.3 Å². The van der Waals surface area contributed by atoms with E-state index in [2.05, 4.69) is 0 Å². The van der Waals surface area contributed by atoms with Crippen molar-refractivity contribution < 1.29 is 29.0 Å². The van der Waals surface area contributed by atoms with Gasteiger partial charge in [0, 0.05) is 23.2 Å². The van der Waals surface area contributed by atoms with E-state index in [4.69, 9.17) is 38.4 Å². The molecule has 0 saturated carbocycles. The number of Topliss-reactive ketones (excluding diaryl/α,β-unsaturated/α-hetero) is 2. The number of nitrogens with two attached hydrogens (primary N) is 1. The van der Waals surface area contributed by atoms with Crippen LogP contribution in [0.1, 0.15) is 33.2 Å². The molecule has 0 aliphatic heterocycles. The van der Waals surface area contributed by atoms with Gasteiger partial charge in [0.2, 0.25) is 11.6 Å². The van der Waals surface area contributed by atoms with E-state index >= 15 is 0 Å². The van der Waals surface area contributed by atoms with E-state index in [-0.39, 0.29) is 64.8 Å². The van der Waals surface area contributed by atoms with E-state index in [9.17, 15) is 19.5 Å². The average molecular weight is 463 g/mol. The summed E-state index contributed by atoms with van der Waals surface area (Å²) in [5.41, 5.74) is 5.75. The van der Waals surface area contributed by atoms with Gasteiger partial charge in [0.05, 0.1) is 11.6 Å². The van der Waals surface area contributed by atoms with Crippen molar-refractivity contribution in [3.63, 3.8) is 0 Å². The summed E-state index contributed by atoms with van der Waals surface area (Å²) >= 11 is 12.2. The summed E-state index contributed by atoms with van der Waals surface area (Å²) < 4.78 is 9.96. The van der Waals surface area contributed by atoms with Crippen molar-refractivity contribution in [2.24, 2.45) is 5.73 Å². The fourth-order valence-corrected chi connectivity index (χ4v) is 2.76. The zero-order valence-electron chi connectivity index (χ0n) is 15.2. The second-order valence-corrected chi connectivity index (χ2v) is 6.29. The molecule has 0 aliphatic rings. The first kappa shape index (κ1) is 24.7. The third-order valence-corrected chi connectivity index (χ3v) is 4.57. The lowest BCUT2D eigenvalue weighted by Gasteiger charge is -2.11. The molecule has 156 valence electrons. The molecule has 0 aliphatic carbocycles. The van der Waals surface area contributed by atoms with Crippen LogP contribution in [0.15, 0.2) is 30.3 Å². The van der Waals surface area contributed by atoms with Gasteiger partial charge in [-0.25, -0.2) is 4.79 Å². The maximum atomic E-state index is 12.6. The summed E-state index contributed by atoms with van der Waals surface area (Å²) in [6.45, 7) is 1.48. The number of carbonyl (C=O) groups excluding carboxylic acids is 3. The fraction of sp³-hybridized carbons (Fsp3) is 0.211. The van der Waals surface area contributed by atoms with Crippen LogP contribution in [0.3, 0.4) is 0 Å². The highest BCUT2D eigenvalue weighted by molar-refractivity contribution is 6.53. The highest BCUT2D eigenvalue weighted by Crippen LogP contribution is 2.35. The van der Waals surface area contributed by atoms with Crippen molar-refractivity contribution in [3.8, 4) is 11.5 Å². The summed E-state index contributed by atoms with van der Waals surface area (Å²) in [5, 5.41) is 9.35. The first-order valence-electron chi connectivity index (χ1n) is 8.17.